The van der Waals surface area contributed by atoms with Crippen molar-refractivity contribution < 1.29 is 14.2 Å². The Bertz CT molecular complexity index is 1000. The molecule has 1 aromatic heterocycles. The molecule has 0 aliphatic heterocycles. The summed E-state index contributed by atoms with van der Waals surface area (Å²) >= 11 is 1.29. The summed E-state index contributed by atoms with van der Waals surface area (Å²) in [5.41, 5.74) is 2.76. The molecule has 0 aliphatic rings. The highest BCUT2D eigenvalue weighted by molar-refractivity contribution is 7.99. The Kier molecular flexibility index (Phi) is 7.06. The molecule has 0 saturated heterocycles. The molecule has 152 valence electrons. The molecule has 7 heteroatoms. The van der Waals surface area contributed by atoms with E-state index in [9.17, 15) is 14.3 Å². The molecule has 2 aromatic carbocycles. The zero-order valence-corrected chi connectivity index (χ0v) is 17.1. The van der Waals surface area contributed by atoms with Crippen LogP contribution in [0.5, 0.6) is 5.75 Å². The lowest BCUT2D eigenvalue weighted by Gasteiger charge is -2.12. The normalized spacial score (nSPS) is 12.0. The number of nitrogens with zero attached hydrogens (tertiary/aromatic N) is 1. The van der Waals surface area contributed by atoms with Crippen molar-refractivity contribution in [2.24, 2.45) is 0 Å². The average molecular weight is 415 g/mol. The third-order valence-corrected chi connectivity index (χ3v) is 5.55. The van der Waals surface area contributed by atoms with E-state index in [1.807, 2.05) is 6.92 Å². The number of hydrogen-bond acceptors (Lipinski definition) is 5. The van der Waals surface area contributed by atoms with Gasteiger partial charge in [0.1, 0.15) is 11.6 Å². The molecule has 1 atom stereocenters. The van der Waals surface area contributed by atoms with Gasteiger partial charge in [0.2, 0.25) is 0 Å². The van der Waals surface area contributed by atoms with E-state index >= 15 is 0 Å². The highest BCUT2D eigenvalue weighted by Gasteiger charge is 2.14. The molecule has 0 fully saturated rings. The molecule has 0 spiro atoms. The fourth-order valence-electron chi connectivity index (χ4n) is 2.98. The van der Waals surface area contributed by atoms with Gasteiger partial charge in [-0.2, -0.15) is 0 Å². The maximum absolute atomic E-state index is 13.2. The van der Waals surface area contributed by atoms with Crippen molar-refractivity contribution in [1.82, 2.24) is 9.97 Å². The molecule has 3 aromatic rings. The van der Waals surface area contributed by atoms with Gasteiger partial charge < -0.3 is 14.8 Å². The van der Waals surface area contributed by atoms with Crippen molar-refractivity contribution in [3.05, 3.63) is 87.1 Å². The molecule has 0 radical (unpaired) electrons. The summed E-state index contributed by atoms with van der Waals surface area (Å²) in [6, 6.07) is 13.4. The topological polar surface area (TPSA) is 75.2 Å². The first-order valence-corrected chi connectivity index (χ1v) is 10.3. The van der Waals surface area contributed by atoms with E-state index in [2.05, 4.69) is 9.97 Å². The van der Waals surface area contributed by atoms with Crippen LogP contribution in [-0.4, -0.2) is 27.9 Å². The maximum Gasteiger partial charge on any atom is 0.254 e. The fourth-order valence-corrected chi connectivity index (χ4v) is 3.82. The molecule has 3 rings (SSSR count). The Morgan fingerprint density at radius 1 is 1.17 bits per heavy atom. The summed E-state index contributed by atoms with van der Waals surface area (Å²) in [6.45, 7) is 1.90. The number of halogens is 1. The number of rotatable bonds is 8. The molecule has 5 nitrogen and oxygen atoms in total. The third kappa shape index (κ3) is 5.46. The van der Waals surface area contributed by atoms with Crippen LogP contribution in [0.15, 0.2) is 58.5 Å². The molecular weight excluding hydrogens is 391 g/mol. The number of ether oxygens (including phenoxy) is 1. The number of aliphatic hydroxyl groups is 1. The van der Waals surface area contributed by atoms with E-state index in [1.165, 1.54) is 23.9 Å². The quantitative estimate of drug-likeness (QED) is 0.432. The van der Waals surface area contributed by atoms with Crippen LogP contribution >= 0.6 is 11.8 Å². The molecule has 0 aliphatic carbocycles. The van der Waals surface area contributed by atoms with Gasteiger partial charge in [-0.15, -0.1) is 0 Å². The van der Waals surface area contributed by atoms with Gasteiger partial charge in [-0.05, 0) is 41.8 Å². The highest BCUT2D eigenvalue weighted by atomic mass is 32.2. The Hall–Kier alpha value is -2.64. The average Bonchev–Trinajstić information content (AvgIpc) is 2.73. The number of hydrogen-bond donors (Lipinski definition) is 2. The standard InChI is InChI=1S/C22H23FN2O3S/c1-3-18-19(12-14-4-8-16(23)9-5-14)24-22(25-21(18)27)29-13-20(26)15-6-10-17(28-2)11-7-15/h4-11,20,26H,3,12-13H2,1-2H3,(H,24,25,27). The molecule has 29 heavy (non-hydrogen) atoms. The largest absolute Gasteiger partial charge is 0.497 e. The maximum atomic E-state index is 13.2. The van der Waals surface area contributed by atoms with Crippen molar-refractivity contribution in [1.29, 1.82) is 0 Å². The second-order valence-electron chi connectivity index (χ2n) is 6.55. The van der Waals surface area contributed by atoms with Crippen LogP contribution in [0.25, 0.3) is 0 Å². The minimum absolute atomic E-state index is 0.180. The summed E-state index contributed by atoms with van der Waals surface area (Å²) in [4.78, 5) is 19.9. The van der Waals surface area contributed by atoms with Crippen molar-refractivity contribution in [2.45, 2.75) is 31.0 Å². The second kappa shape index (κ2) is 9.71. The molecule has 2 N–H and O–H groups in total. The van der Waals surface area contributed by atoms with Crippen LogP contribution < -0.4 is 10.3 Å². The molecule has 1 heterocycles. The van der Waals surface area contributed by atoms with E-state index in [0.717, 1.165) is 16.9 Å². The lowest BCUT2D eigenvalue weighted by molar-refractivity contribution is 0.204. The van der Waals surface area contributed by atoms with Crippen LogP contribution in [0.3, 0.4) is 0 Å². The van der Waals surface area contributed by atoms with Crippen LogP contribution in [-0.2, 0) is 12.8 Å². The summed E-state index contributed by atoms with van der Waals surface area (Å²) in [5, 5.41) is 10.9. The molecular formula is C22H23FN2O3S. The SMILES string of the molecule is CCc1c(Cc2ccc(F)cc2)nc(SCC(O)c2ccc(OC)cc2)[nH]c1=O. The molecule has 0 bridgehead atoms. The summed E-state index contributed by atoms with van der Waals surface area (Å²) in [5.74, 6) is 0.767. The van der Waals surface area contributed by atoms with Crippen molar-refractivity contribution >= 4 is 11.8 Å². The van der Waals surface area contributed by atoms with Gasteiger partial charge >= 0.3 is 0 Å². The Morgan fingerprint density at radius 2 is 1.86 bits per heavy atom. The van der Waals surface area contributed by atoms with Gasteiger partial charge in [0.15, 0.2) is 5.16 Å². The van der Waals surface area contributed by atoms with Crippen LogP contribution in [0.1, 0.15) is 35.4 Å². The number of H-pyrrole nitrogens is 1. The fraction of sp³-hybridized carbons (Fsp3) is 0.273. The van der Waals surface area contributed by atoms with E-state index in [0.29, 0.717) is 35.0 Å². The van der Waals surface area contributed by atoms with E-state index in [1.54, 1.807) is 43.5 Å². The van der Waals surface area contributed by atoms with Crippen molar-refractivity contribution in [3.63, 3.8) is 0 Å². The number of aromatic amines is 1. The minimum Gasteiger partial charge on any atom is -0.497 e. The third-order valence-electron chi connectivity index (χ3n) is 4.60. The predicted octanol–water partition coefficient (Wildman–Crippen LogP) is 3.90. The molecule has 1 unspecified atom stereocenters. The highest BCUT2D eigenvalue weighted by Crippen LogP contribution is 2.24. The number of methoxy groups -OCH3 is 1. The minimum atomic E-state index is -0.706. The summed E-state index contributed by atoms with van der Waals surface area (Å²) in [6.07, 6.45) is 0.294. The lowest BCUT2D eigenvalue weighted by Crippen LogP contribution is -2.19. The first-order valence-electron chi connectivity index (χ1n) is 9.31. The van der Waals surface area contributed by atoms with Crippen molar-refractivity contribution in [2.75, 3.05) is 12.9 Å². The first kappa shape index (κ1) is 21.1. The van der Waals surface area contributed by atoms with E-state index in [4.69, 9.17) is 4.74 Å². The Labute approximate surface area is 173 Å². The Balaban J connectivity index is 1.75. The smallest absolute Gasteiger partial charge is 0.254 e. The zero-order valence-electron chi connectivity index (χ0n) is 16.3. The first-order chi connectivity index (χ1) is 14.0. The van der Waals surface area contributed by atoms with Gasteiger partial charge in [-0.1, -0.05) is 43.0 Å². The van der Waals surface area contributed by atoms with E-state index in [-0.39, 0.29) is 11.4 Å². The number of aromatic nitrogens is 2. The zero-order chi connectivity index (χ0) is 20.8. The summed E-state index contributed by atoms with van der Waals surface area (Å²) in [7, 11) is 1.59. The van der Waals surface area contributed by atoms with Gasteiger partial charge in [-0.25, -0.2) is 9.37 Å². The van der Waals surface area contributed by atoms with Gasteiger partial charge in [-0.3, -0.25) is 4.79 Å². The predicted molar refractivity (Wildman–Crippen MR) is 112 cm³/mol. The number of thioether (sulfide) groups is 1. The molecule has 0 saturated carbocycles. The summed E-state index contributed by atoms with van der Waals surface area (Å²) < 4.78 is 18.3. The van der Waals surface area contributed by atoms with Gasteiger partial charge in [0.25, 0.3) is 5.56 Å². The number of benzene rings is 2. The van der Waals surface area contributed by atoms with Crippen molar-refractivity contribution in [3.8, 4) is 5.75 Å². The second-order valence-corrected chi connectivity index (χ2v) is 7.56. The number of aliphatic hydroxyl groups excluding tert-OH is 1. The van der Waals surface area contributed by atoms with E-state index < -0.39 is 6.10 Å². The molecule has 0 amide bonds. The van der Waals surface area contributed by atoms with Gasteiger partial charge in [0, 0.05) is 17.7 Å². The van der Waals surface area contributed by atoms with Crippen LogP contribution in [0.2, 0.25) is 0 Å². The van der Waals surface area contributed by atoms with Crippen LogP contribution in [0.4, 0.5) is 4.39 Å². The Morgan fingerprint density at radius 3 is 2.48 bits per heavy atom. The number of nitrogens with one attached hydrogen (secondary N) is 1. The monoisotopic (exact) mass is 414 g/mol. The van der Waals surface area contributed by atoms with Gasteiger partial charge in [0.05, 0.1) is 18.9 Å². The lowest BCUT2D eigenvalue weighted by atomic mass is 10.0. The van der Waals surface area contributed by atoms with Crippen LogP contribution in [0, 0.1) is 5.82 Å².